The van der Waals surface area contributed by atoms with Crippen molar-refractivity contribution in [3.05, 3.63) is 70.8 Å². The lowest BCUT2D eigenvalue weighted by molar-refractivity contribution is -0.129. The van der Waals surface area contributed by atoms with Gasteiger partial charge in [0.1, 0.15) is 0 Å². The molecule has 6 rings (SSSR count). The maximum atomic E-state index is 14.5. The van der Waals surface area contributed by atoms with Crippen LogP contribution in [-0.2, 0) is 17.6 Å². The molecule has 1 aliphatic carbocycles. The SMILES string of the molecule is COc1ccc(Cc2nc3c(c4c2[nH]c2ccccc24)CCCC3NC2CCN(C(C)=O)CC2)cc1F. The Bertz CT molecular complexity index is 1470. The monoisotopic (exact) mass is 500 g/mol. The van der Waals surface area contributed by atoms with Gasteiger partial charge < -0.3 is 19.9 Å². The zero-order valence-electron chi connectivity index (χ0n) is 21.4. The fourth-order valence-electron chi connectivity index (χ4n) is 6.18. The van der Waals surface area contributed by atoms with Gasteiger partial charge in [0.2, 0.25) is 5.91 Å². The number of likely N-dealkylation sites (tertiary alicyclic amines) is 1. The molecule has 2 aromatic heterocycles. The van der Waals surface area contributed by atoms with E-state index in [0.717, 1.165) is 73.2 Å². The minimum atomic E-state index is -0.359. The van der Waals surface area contributed by atoms with Gasteiger partial charge in [0.05, 0.1) is 30.1 Å². The normalized spacial score (nSPS) is 18.4. The number of hydrogen-bond donors (Lipinski definition) is 2. The summed E-state index contributed by atoms with van der Waals surface area (Å²) in [4.78, 5) is 22.6. The topological polar surface area (TPSA) is 70.2 Å². The van der Waals surface area contributed by atoms with E-state index in [9.17, 15) is 9.18 Å². The number of methoxy groups -OCH3 is 1. The van der Waals surface area contributed by atoms with Crippen LogP contribution >= 0.6 is 0 Å². The first kappa shape index (κ1) is 23.9. The second kappa shape index (κ2) is 9.78. The number of aryl methyl sites for hydroxylation is 1. The second-order valence-electron chi connectivity index (χ2n) is 10.4. The molecule has 1 amide bonds. The Balaban J connectivity index is 1.40. The van der Waals surface area contributed by atoms with E-state index in [1.807, 2.05) is 17.0 Å². The highest BCUT2D eigenvalue weighted by atomic mass is 19.1. The molecular formula is C30H33FN4O2. The third kappa shape index (κ3) is 4.46. The summed E-state index contributed by atoms with van der Waals surface area (Å²) in [5.74, 6) is 0.0461. The van der Waals surface area contributed by atoms with E-state index in [1.165, 1.54) is 23.4 Å². The lowest BCUT2D eigenvalue weighted by atomic mass is 9.87. The van der Waals surface area contributed by atoms with Crippen molar-refractivity contribution in [3.8, 4) is 5.75 Å². The molecule has 6 nitrogen and oxygen atoms in total. The Labute approximate surface area is 216 Å². The van der Waals surface area contributed by atoms with Crippen LogP contribution in [0.1, 0.15) is 61.2 Å². The minimum absolute atomic E-state index is 0.157. The first-order valence-electron chi connectivity index (χ1n) is 13.3. The van der Waals surface area contributed by atoms with Crippen molar-refractivity contribution in [1.29, 1.82) is 0 Å². The van der Waals surface area contributed by atoms with Crippen molar-refractivity contribution >= 4 is 27.7 Å². The average molecular weight is 501 g/mol. The van der Waals surface area contributed by atoms with Crippen molar-refractivity contribution < 1.29 is 13.9 Å². The number of para-hydroxylation sites is 1. The largest absolute Gasteiger partial charge is 0.494 e. The molecule has 1 fully saturated rings. The van der Waals surface area contributed by atoms with Crippen LogP contribution in [0.3, 0.4) is 0 Å². The van der Waals surface area contributed by atoms with E-state index in [2.05, 4.69) is 28.5 Å². The van der Waals surface area contributed by atoms with Crippen LogP contribution in [0.2, 0.25) is 0 Å². The van der Waals surface area contributed by atoms with Gasteiger partial charge in [-0.2, -0.15) is 0 Å². The number of fused-ring (bicyclic) bond motifs is 5. The van der Waals surface area contributed by atoms with E-state index in [1.54, 1.807) is 19.1 Å². The Morgan fingerprint density at radius 2 is 2.00 bits per heavy atom. The third-order valence-corrected chi connectivity index (χ3v) is 8.08. The van der Waals surface area contributed by atoms with Gasteiger partial charge in [0.15, 0.2) is 11.6 Å². The summed E-state index contributed by atoms with van der Waals surface area (Å²) in [6, 6.07) is 14.1. The van der Waals surface area contributed by atoms with Gasteiger partial charge in [0.25, 0.3) is 0 Å². The predicted molar refractivity (Wildman–Crippen MR) is 143 cm³/mol. The number of piperidine rings is 1. The number of ether oxygens (including phenoxy) is 1. The maximum absolute atomic E-state index is 14.5. The average Bonchev–Trinajstić information content (AvgIpc) is 3.30. The zero-order chi connectivity index (χ0) is 25.5. The molecule has 4 aromatic rings. The molecule has 2 aromatic carbocycles. The first-order chi connectivity index (χ1) is 18.0. The number of nitrogens with one attached hydrogen (secondary N) is 2. The van der Waals surface area contributed by atoms with Gasteiger partial charge in [0, 0.05) is 48.8 Å². The number of nitrogens with zero attached hydrogens (tertiary/aromatic N) is 2. The molecule has 1 unspecified atom stereocenters. The Kier molecular flexibility index (Phi) is 6.32. The van der Waals surface area contributed by atoms with Crippen LogP contribution in [0.15, 0.2) is 42.5 Å². The highest BCUT2D eigenvalue weighted by Gasteiger charge is 2.30. The summed E-state index contributed by atoms with van der Waals surface area (Å²) in [5, 5.41) is 6.38. The number of aromatic nitrogens is 2. The minimum Gasteiger partial charge on any atom is -0.494 e. The number of halogens is 1. The fourth-order valence-corrected chi connectivity index (χ4v) is 6.18. The number of hydrogen-bond acceptors (Lipinski definition) is 4. The Morgan fingerprint density at radius 3 is 2.76 bits per heavy atom. The zero-order valence-corrected chi connectivity index (χ0v) is 21.4. The molecule has 0 spiro atoms. The van der Waals surface area contributed by atoms with Crippen molar-refractivity contribution in [2.45, 2.75) is 57.5 Å². The summed E-state index contributed by atoms with van der Waals surface area (Å²) in [6.07, 6.45) is 5.59. The standard InChI is InChI=1S/C30H33FN4O2/c1-18(36)35-14-12-20(13-15-35)32-25-9-5-7-22-28-21-6-3-4-8-24(21)33-30(28)26(34-29(22)25)17-19-10-11-27(37-2)23(31)16-19/h3-4,6,8,10-11,16,20,25,32-33H,5,7,9,12-15,17H2,1-2H3. The number of amides is 1. The predicted octanol–water partition coefficient (Wildman–Crippen LogP) is 5.43. The van der Waals surface area contributed by atoms with Crippen LogP contribution in [-0.4, -0.2) is 47.0 Å². The molecule has 2 N–H and O–H groups in total. The Hall–Kier alpha value is -3.45. The van der Waals surface area contributed by atoms with E-state index >= 15 is 0 Å². The number of carbonyl (C=O) groups is 1. The molecule has 0 radical (unpaired) electrons. The van der Waals surface area contributed by atoms with Crippen molar-refractivity contribution in [2.75, 3.05) is 20.2 Å². The summed E-state index contributed by atoms with van der Waals surface area (Å²) in [6.45, 7) is 3.25. The van der Waals surface area contributed by atoms with Gasteiger partial charge in [-0.15, -0.1) is 0 Å². The number of H-pyrrole nitrogens is 1. The molecule has 2 aliphatic rings. The molecule has 7 heteroatoms. The van der Waals surface area contributed by atoms with Gasteiger partial charge in [-0.05, 0) is 61.4 Å². The third-order valence-electron chi connectivity index (χ3n) is 8.08. The van der Waals surface area contributed by atoms with Crippen LogP contribution in [0.25, 0.3) is 21.8 Å². The second-order valence-corrected chi connectivity index (χ2v) is 10.4. The molecule has 1 saturated heterocycles. The van der Waals surface area contributed by atoms with E-state index in [-0.39, 0.29) is 23.5 Å². The van der Waals surface area contributed by atoms with Crippen molar-refractivity contribution in [3.63, 3.8) is 0 Å². The maximum Gasteiger partial charge on any atom is 0.219 e. The lowest BCUT2D eigenvalue weighted by Crippen LogP contribution is -2.45. The van der Waals surface area contributed by atoms with Gasteiger partial charge in [-0.1, -0.05) is 24.3 Å². The molecule has 192 valence electrons. The van der Waals surface area contributed by atoms with Crippen molar-refractivity contribution in [2.24, 2.45) is 0 Å². The summed E-state index contributed by atoms with van der Waals surface area (Å²) in [7, 11) is 1.48. The van der Waals surface area contributed by atoms with E-state index in [0.29, 0.717) is 12.5 Å². The highest BCUT2D eigenvalue weighted by molar-refractivity contribution is 6.10. The molecule has 1 aliphatic heterocycles. The fraction of sp³-hybridized carbons (Fsp3) is 0.400. The molecule has 37 heavy (non-hydrogen) atoms. The molecular weight excluding hydrogens is 467 g/mol. The summed E-state index contributed by atoms with van der Waals surface area (Å²) >= 11 is 0. The number of rotatable bonds is 5. The molecule has 3 heterocycles. The van der Waals surface area contributed by atoms with Gasteiger partial charge in [-0.25, -0.2) is 4.39 Å². The van der Waals surface area contributed by atoms with E-state index < -0.39 is 0 Å². The van der Waals surface area contributed by atoms with Gasteiger partial charge >= 0.3 is 0 Å². The van der Waals surface area contributed by atoms with Crippen LogP contribution in [0, 0.1) is 5.82 Å². The number of pyridine rings is 1. The highest BCUT2D eigenvalue weighted by Crippen LogP contribution is 2.39. The smallest absolute Gasteiger partial charge is 0.219 e. The van der Waals surface area contributed by atoms with Crippen LogP contribution < -0.4 is 10.1 Å². The van der Waals surface area contributed by atoms with Gasteiger partial charge in [-0.3, -0.25) is 9.78 Å². The Morgan fingerprint density at radius 1 is 1.19 bits per heavy atom. The van der Waals surface area contributed by atoms with Crippen LogP contribution in [0.4, 0.5) is 4.39 Å². The first-order valence-corrected chi connectivity index (χ1v) is 13.3. The molecule has 1 atom stereocenters. The number of aromatic amines is 1. The van der Waals surface area contributed by atoms with E-state index in [4.69, 9.17) is 9.72 Å². The van der Waals surface area contributed by atoms with Crippen LogP contribution in [0.5, 0.6) is 5.75 Å². The lowest BCUT2D eigenvalue weighted by Gasteiger charge is -2.36. The summed E-state index contributed by atoms with van der Waals surface area (Å²) in [5.41, 5.74) is 6.40. The van der Waals surface area contributed by atoms with Crippen molar-refractivity contribution in [1.82, 2.24) is 20.2 Å². The summed E-state index contributed by atoms with van der Waals surface area (Å²) < 4.78 is 19.6. The quantitative estimate of drug-likeness (QED) is 0.383. The number of carbonyl (C=O) groups excluding carboxylic acids is 1. The molecule has 0 saturated carbocycles. The number of benzene rings is 2. The molecule has 0 bridgehead atoms.